The number of hydrogen-bond acceptors (Lipinski definition) is 2. The number of anilines is 1. The summed E-state index contributed by atoms with van der Waals surface area (Å²) in [6, 6.07) is 13.3. The van der Waals surface area contributed by atoms with Crippen LogP contribution in [0.15, 0.2) is 40.9 Å². The standard InChI is InChI=1S/C17H18BrNO/c1-11-3-4-12-5-6-17(16(12)7-11)19-14-8-13(18)9-15(10-14)20-2/h3-4,7-10,17,19H,5-6H2,1-2H3. The maximum absolute atomic E-state index is 5.32. The Bertz CT molecular complexity index is 639. The van der Waals surface area contributed by atoms with E-state index in [9.17, 15) is 0 Å². The molecule has 0 radical (unpaired) electrons. The van der Waals surface area contributed by atoms with Crippen molar-refractivity contribution in [2.75, 3.05) is 12.4 Å². The fourth-order valence-corrected chi connectivity index (χ4v) is 3.31. The van der Waals surface area contributed by atoms with Gasteiger partial charge in [0, 0.05) is 16.2 Å². The van der Waals surface area contributed by atoms with Gasteiger partial charge in [-0.1, -0.05) is 39.7 Å². The number of ether oxygens (including phenoxy) is 1. The molecule has 0 aliphatic heterocycles. The summed E-state index contributed by atoms with van der Waals surface area (Å²) in [6.45, 7) is 2.15. The molecule has 3 rings (SSSR count). The highest BCUT2D eigenvalue weighted by Gasteiger charge is 2.22. The predicted octanol–water partition coefficient (Wildman–Crippen LogP) is 4.87. The molecule has 0 spiro atoms. The fraction of sp³-hybridized carbons (Fsp3) is 0.294. The average molecular weight is 332 g/mol. The Labute approximate surface area is 128 Å². The van der Waals surface area contributed by atoms with Crippen molar-refractivity contribution in [2.24, 2.45) is 0 Å². The van der Waals surface area contributed by atoms with E-state index in [0.29, 0.717) is 6.04 Å². The molecular weight excluding hydrogens is 314 g/mol. The van der Waals surface area contributed by atoms with E-state index in [1.807, 2.05) is 12.1 Å². The minimum atomic E-state index is 0.393. The van der Waals surface area contributed by atoms with Gasteiger partial charge in [0.2, 0.25) is 0 Å². The first-order valence-corrected chi connectivity index (χ1v) is 7.65. The van der Waals surface area contributed by atoms with Gasteiger partial charge in [-0.2, -0.15) is 0 Å². The van der Waals surface area contributed by atoms with Crippen LogP contribution < -0.4 is 10.1 Å². The molecule has 1 N–H and O–H groups in total. The molecule has 0 heterocycles. The predicted molar refractivity (Wildman–Crippen MR) is 86.6 cm³/mol. The van der Waals surface area contributed by atoms with Crippen LogP contribution in [0.3, 0.4) is 0 Å². The van der Waals surface area contributed by atoms with E-state index < -0.39 is 0 Å². The number of aryl methyl sites for hydroxylation is 2. The van der Waals surface area contributed by atoms with Crippen LogP contribution in [-0.4, -0.2) is 7.11 Å². The van der Waals surface area contributed by atoms with Crippen molar-refractivity contribution in [3.8, 4) is 5.75 Å². The lowest BCUT2D eigenvalue weighted by molar-refractivity contribution is 0.414. The van der Waals surface area contributed by atoms with Crippen molar-refractivity contribution >= 4 is 21.6 Å². The van der Waals surface area contributed by atoms with Gasteiger partial charge in [0.25, 0.3) is 0 Å². The quantitative estimate of drug-likeness (QED) is 0.866. The first-order valence-electron chi connectivity index (χ1n) is 6.86. The number of methoxy groups -OCH3 is 1. The summed E-state index contributed by atoms with van der Waals surface area (Å²) in [4.78, 5) is 0. The first-order chi connectivity index (χ1) is 9.65. The van der Waals surface area contributed by atoms with Crippen molar-refractivity contribution < 1.29 is 4.74 Å². The van der Waals surface area contributed by atoms with E-state index >= 15 is 0 Å². The fourth-order valence-electron chi connectivity index (χ4n) is 2.84. The van der Waals surface area contributed by atoms with Gasteiger partial charge in [0.05, 0.1) is 13.2 Å². The van der Waals surface area contributed by atoms with E-state index in [4.69, 9.17) is 4.74 Å². The van der Waals surface area contributed by atoms with Crippen LogP contribution >= 0.6 is 15.9 Å². The molecule has 1 unspecified atom stereocenters. The Balaban J connectivity index is 1.87. The van der Waals surface area contributed by atoms with Gasteiger partial charge in [-0.05, 0) is 43.0 Å². The summed E-state index contributed by atoms with van der Waals surface area (Å²) in [7, 11) is 1.69. The summed E-state index contributed by atoms with van der Waals surface area (Å²) in [6.07, 6.45) is 2.30. The zero-order valence-electron chi connectivity index (χ0n) is 11.7. The minimum absolute atomic E-state index is 0.393. The third-order valence-electron chi connectivity index (χ3n) is 3.83. The van der Waals surface area contributed by atoms with Crippen LogP contribution in [0.2, 0.25) is 0 Å². The molecular formula is C17H18BrNO. The van der Waals surface area contributed by atoms with Crippen molar-refractivity contribution in [1.82, 2.24) is 0 Å². The number of halogens is 1. The van der Waals surface area contributed by atoms with Gasteiger partial charge in [-0.25, -0.2) is 0 Å². The van der Waals surface area contributed by atoms with Gasteiger partial charge in [-0.3, -0.25) is 0 Å². The number of fused-ring (bicyclic) bond motifs is 1. The number of hydrogen-bond donors (Lipinski definition) is 1. The second-order valence-electron chi connectivity index (χ2n) is 5.32. The molecule has 20 heavy (non-hydrogen) atoms. The van der Waals surface area contributed by atoms with Crippen LogP contribution in [-0.2, 0) is 6.42 Å². The van der Waals surface area contributed by atoms with Crippen molar-refractivity contribution in [3.63, 3.8) is 0 Å². The minimum Gasteiger partial charge on any atom is -0.497 e. The van der Waals surface area contributed by atoms with Crippen molar-refractivity contribution in [3.05, 3.63) is 57.6 Å². The Morgan fingerprint density at radius 2 is 2.05 bits per heavy atom. The van der Waals surface area contributed by atoms with Crippen LogP contribution in [0.4, 0.5) is 5.69 Å². The molecule has 3 heteroatoms. The highest BCUT2D eigenvalue weighted by Crippen LogP contribution is 2.35. The van der Waals surface area contributed by atoms with E-state index in [0.717, 1.165) is 28.8 Å². The summed E-state index contributed by atoms with van der Waals surface area (Å²) in [5.74, 6) is 0.865. The van der Waals surface area contributed by atoms with Crippen LogP contribution in [0.5, 0.6) is 5.75 Å². The maximum atomic E-state index is 5.32. The second-order valence-corrected chi connectivity index (χ2v) is 6.23. The van der Waals surface area contributed by atoms with E-state index in [2.05, 4.69) is 52.4 Å². The Morgan fingerprint density at radius 3 is 2.85 bits per heavy atom. The molecule has 0 bridgehead atoms. The lowest BCUT2D eigenvalue weighted by atomic mass is 10.0. The molecule has 2 aromatic rings. The zero-order valence-corrected chi connectivity index (χ0v) is 13.3. The Hall–Kier alpha value is -1.48. The smallest absolute Gasteiger partial charge is 0.122 e. The van der Waals surface area contributed by atoms with Crippen molar-refractivity contribution in [2.45, 2.75) is 25.8 Å². The van der Waals surface area contributed by atoms with Crippen molar-refractivity contribution in [1.29, 1.82) is 0 Å². The van der Waals surface area contributed by atoms with E-state index in [-0.39, 0.29) is 0 Å². The molecule has 0 amide bonds. The largest absolute Gasteiger partial charge is 0.497 e. The van der Waals surface area contributed by atoms with Gasteiger partial charge in [0.15, 0.2) is 0 Å². The molecule has 2 aromatic carbocycles. The molecule has 0 aromatic heterocycles. The molecule has 0 saturated carbocycles. The molecule has 1 aliphatic rings. The lowest BCUT2D eigenvalue weighted by Crippen LogP contribution is -2.07. The van der Waals surface area contributed by atoms with Gasteiger partial charge >= 0.3 is 0 Å². The van der Waals surface area contributed by atoms with Gasteiger partial charge < -0.3 is 10.1 Å². The number of nitrogens with one attached hydrogen (secondary N) is 1. The highest BCUT2D eigenvalue weighted by atomic mass is 79.9. The molecule has 104 valence electrons. The van der Waals surface area contributed by atoms with Crippen LogP contribution in [0.1, 0.15) is 29.2 Å². The maximum Gasteiger partial charge on any atom is 0.122 e. The number of benzene rings is 2. The molecule has 0 fully saturated rings. The topological polar surface area (TPSA) is 21.3 Å². The number of rotatable bonds is 3. The molecule has 0 saturated heterocycles. The van der Waals surface area contributed by atoms with Gasteiger partial charge in [-0.15, -0.1) is 0 Å². The summed E-state index contributed by atoms with van der Waals surface area (Å²) in [5.41, 5.74) is 5.32. The molecule has 1 atom stereocenters. The third kappa shape index (κ3) is 2.68. The first kappa shape index (κ1) is 13.5. The lowest BCUT2D eigenvalue weighted by Gasteiger charge is -2.17. The van der Waals surface area contributed by atoms with Crippen LogP contribution in [0, 0.1) is 6.92 Å². The molecule has 1 aliphatic carbocycles. The van der Waals surface area contributed by atoms with Gasteiger partial charge in [0.1, 0.15) is 5.75 Å². The average Bonchev–Trinajstić information content (AvgIpc) is 2.80. The summed E-state index contributed by atoms with van der Waals surface area (Å²) in [5, 5.41) is 3.63. The zero-order chi connectivity index (χ0) is 14.1. The summed E-state index contributed by atoms with van der Waals surface area (Å²) < 4.78 is 6.35. The summed E-state index contributed by atoms with van der Waals surface area (Å²) >= 11 is 3.53. The third-order valence-corrected chi connectivity index (χ3v) is 4.28. The second kappa shape index (κ2) is 5.49. The Morgan fingerprint density at radius 1 is 1.20 bits per heavy atom. The Kier molecular flexibility index (Phi) is 3.70. The van der Waals surface area contributed by atoms with E-state index in [1.54, 1.807) is 7.11 Å². The normalized spacial score (nSPS) is 16.9. The van der Waals surface area contributed by atoms with Crippen LogP contribution in [0.25, 0.3) is 0 Å². The van der Waals surface area contributed by atoms with E-state index in [1.165, 1.54) is 16.7 Å². The molecule has 2 nitrogen and oxygen atoms in total. The SMILES string of the molecule is COc1cc(Br)cc(NC2CCc3ccc(C)cc32)c1. The monoisotopic (exact) mass is 331 g/mol. The highest BCUT2D eigenvalue weighted by molar-refractivity contribution is 9.10.